The zero-order valence-electron chi connectivity index (χ0n) is 16.9. The van der Waals surface area contributed by atoms with Crippen LogP contribution in [0.2, 0.25) is 0 Å². The first-order chi connectivity index (χ1) is 13.8. The Morgan fingerprint density at radius 2 is 1.69 bits per heavy atom. The number of hydrogen-bond donors (Lipinski definition) is 2. The topological polar surface area (TPSA) is 97.0 Å². The molecule has 0 fully saturated rings. The number of benzene rings is 2. The van der Waals surface area contributed by atoms with Crippen LogP contribution < -0.4 is 25.0 Å². The predicted molar refractivity (Wildman–Crippen MR) is 111 cm³/mol. The summed E-state index contributed by atoms with van der Waals surface area (Å²) in [6.45, 7) is 3.38. The number of carbonyl (C=O) groups is 3. The van der Waals surface area contributed by atoms with E-state index in [1.54, 1.807) is 42.5 Å². The third-order valence-electron chi connectivity index (χ3n) is 4.13. The second kappa shape index (κ2) is 10.1. The van der Waals surface area contributed by atoms with Gasteiger partial charge in [-0.1, -0.05) is 6.07 Å². The highest BCUT2D eigenvalue weighted by molar-refractivity contribution is 5.96. The van der Waals surface area contributed by atoms with Gasteiger partial charge < -0.3 is 25.0 Å². The van der Waals surface area contributed by atoms with Crippen molar-refractivity contribution in [2.24, 2.45) is 0 Å². The molecule has 0 unspecified atom stereocenters. The minimum atomic E-state index is -0.290. The van der Waals surface area contributed by atoms with E-state index in [9.17, 15) is 14.4 Å². The molecule has 2 aromatic carbocycles. The van der Waals surface area contributed by atoms with Crippen LogP contribution in [0.5, 0.6) is 11.5 Å². The largest absolute Gasteiger partial charge is 0.493 e. The minimum Gasteiger partial charge on any atom is -0.493 e. The fourth-order valence-corrected chi connectivity index (χ4v) is 2.78. The highest BCUT2D eigenvalue weighted by Crippen LogP contribution is 2.27. The summed E-state index contributed by atoms with van der Waals surface area (Å²) in [5.74, 6) is 0.330. The third kappa shape index (κ3) is 5.97. The molecule has 2 rings (SSSR count). The maximum absolute atomic E-state index is 12.4. The Morgan fingerprint density at radius 1 is 0.966 bits per heavy atom. The van der Waals surface area contributed by atoms with Crippen molar-refractivity contribution in [2.75, 3.05) is 37.5 Å². The molecule has 154 valence electrons. The lowest BCUT2D eigenvalue weighted by molar-refractivity contribution is -0.116. The average molecular weight is 399 g/mol. The Balaban J connectivity index is 2.04. The Bertz CT molecular complexity index is 898. The van der Waals surface area contributed by atoms with E-state index < -0.39 is 0 Å². The molecule has 0 saturated heterocycles. The first-order valence-corrected chi connectivity index (χ1v) is 9.01. The quantitative estimate of drug-likeness (QED) is 0.711. The molecule has 3 amide bonds. The van der Waals surface area contributed by atoms with Crippen LogP contribution in [0, 0.1) is 0 Å². The molecule has 0 aliphatic carbocycles. The molecular formula is C21H25N3O5. The summed E-state index contributed by atoms with van der Waals surface area (Å²) < 4.78 is 10.4. The van der Waals surface area contributed by atoms with E-state index >= 15 is 0 Å². The lowest BCUT2D eigenvalue weighted by Crippen LogP contribution is -2.37. The van der Waals surface area contributed by atoms with Crippen LogP contribution in [0.4, 0.5) is 11.4 Å². The molecule has 0 aliphatic heterocycles. The summed E-state index contributed by atoms with van der Waals surface area (Å²) in [4.78, 5) is 37.3. The SMILES string of the molecule is COc1ccc(C(=O)NCCN(C(C)=O)c2cccc(NC(C)=O)c2)cc1OC. The van der Waals surface area contributed by atoms with Gasteiger partial charge in [0.1, 0.15) is 0 Å². The fraction of sp³-hybridized carbons (Fsp3) is 0.286. The van der Waals surface area contributed by atoms with E-state index in [1.165, 1.54) is 33.0 Å². The molecule has 0 saturated carbocycles. The standard InChI is InChI=1S/C21H25N3O5/c1-14(25)23-17-6-5-7-18(13-17)24(15(2)26)11-10-22-21(27)16-8-9-19(28-3)20(12-16)29-4/h5-9,12-13H,10-11H2,1-4H3,(H,22,27)(H,23,25). The molecule has 0 aromatic heterocycles. The van der Waals surface area contributed by atoms with Gasteiger partial charge in [-0.15, -0.1) is 0 Å². The van der Waals surface area contributed by atoms with Crippen molar-refractivity contribution in [2.45, 2.75) is 13.8 Å². The highest BCUT2D eigenvalue weighted by atomic mass is 16.5. The first-order valence-electron chi connectivity index (χ1n) is 9.01. The Hall–Kier alpha value is -3.55. The molecule has 2 N–H and O–H groups in total. The maximum Gasteiger partial charge on any atom is 0.251 e. The molecule has 0 aliphatic rings. The zero-order chi connectivity index (χ0) is 21.4. The second-order valence-corrected chi connectivity index (χ2v) is 6.23. The Morgan fingerprint density at radius 3 is 2.31 bits per heavy atom. The van der Waals surface area contributed by atoms with Gasteiger partial charge in [0.2, 0.25) is 11.8 Å². The van der Waals surface area contributed by atoms with Crippen molar-refractivity contribution >= 4 is 29.1 Å². The molecule has 0 radical (unpaired) electrons. The third-order valence-corrected chi connectivity index (χ3v) is 4.13. The molecule has 0 spiro atoms. The van der Waals surface area contributed by atoms with E-state index in [-0.39, 0.29) is 30.8 Å². The first kappa shape index (κ1) is 21.7. The van der Waals surface area contributed by atoms with Crippen LogP contribution in [0.3, 0.4) is 0 Å². The minimum absolute atomic E-state index is 0.176. The van der Waals surface area contributed by atoms with E-state index in [2.05, 4.69) is 10.6 Å². The van der Waals surface area contributed by atoms with Gasteiger partial charge in [-0.05, 0) is 36.4 Å². The number of anilines is 2. The molecule has 8 heteroatoms. The fourth-order valence-electron chi connectivity index (χ4n) is 2.78. The summed E-state index contributed by atoms with van der Waals surface area (Å²) in [5.41, 5.74) is 1.64. The highest BCUT2D eigenvalue weighted by Gasteiger charge is 2.14. The van der Waals surface area contributed by atoms with Gasteiger partial charge in [0, 0.05) is 43.9 Å². The van der Waals surface area contributed by atoms with E-state index in [0.29, 0.717) is 28.4 Å². The van der Waals surface area contributed by atoms with E-state index in [4.69, 9.17) is 9.47 Å². The van der Waals surface area contributed by atoms with Gasteiger partial charge in [0.25, 0.3) is 5.91 Å². The molecule has 29 heavy (non-hydrogen) atoms. The summed E-state index contributed by atoms with van der Waals surface area (Å²) >= 11 is 0. The molecule has 0 heterocycles. The van der Waals surface area contributed by atoms with Crippen molar-refractivity contribution in [1.29, 1.82) is 0 Å². The Kier molecular flexibility index (Phi) is 7.59. The summed E-state index contributed by atoms with van der Waals surface area (Å²) in [6.07, 6.45) is 0. The van der Waals surface area contributed by atoms with Crippen LogP contribution in [0.1, 0.15) is 24.2 Å². The smallest absolute Gasteiger partial charge is 0.251 e. The van der Waals surface area contributed by atoms with Crippen molar-refractivity contribution < 1.29 is 23.9 Å². The van der Waals surface area contributed by atoms with Crippen LogP contribution in [-0.4, -0.2) is 45.0 Å². The summed E-state index contributed by atoms with van der Waals surface area (Å²) in [7, 11) is 3.02. The molecule has 2 aromatic rings. The molecule has 8 nitrogen and oxygen atoms in total. The monoisotopic (exact) mass is 399 g/mol. The Labute approximate surface area is 169 Å². The summed E-state index contributed by atoms with van der Waals surface area (Å²) in [5, 5.41) is 5.48. The maximum atomic E-state index is 12.4. The molecule has 0 atom stereocenters. The number of nitrogens with one attached hydrogen (secondary N) is 2. The normalized spacial score (nSPS) is 10.1. The lowest BCUT2D eigenvalue weighted by atomic mass is 10.2. The van der Waals surface area contributed by atoms with Crippen LogP contribution in [0.25, 0.3) is 0 Å². The van der Waals surface area contributed by atoms with Gasteiger partial charge in [-0.25, -0.2) is 0 Å². The number of methoxy groups -OCH3 is 2. The number of rotatable bonds is 8. The van der Waals surface area contributed by atoms with Crippen molar-refractivity contribution in [1.82, 2.24) is 5.32 Å². The predicted octanol–water partition coefficient (Wildman–Crippen LogP) is 2.45. The molecule has 0 bridgehead atoms. The number of nitrogens with zero attached hydrogens (tertiary/aromatic N) is 1. The van der Waals surface area contributed by atoms with E-state index in [1.807, 2.05) is 0 Å². The second-order valence-electron chi connectivity index (χ2n) is 6.23. The van der Waals surface area contributed by atoms with E-state index in [0.717, 1.165) is 0 Å². The number of ether oxygens (including phenoxy) is 2. The van der Waals surface area contributed by atoms with Crippen LogP contribution in [0.15, 0.2) is 42.5 Å². The number of amides is 3. The van der Waals surface area contributed by atoms with Gasteiger partial charge >= 0.3 is 0 Å². The van der Waals surface area contributed by atoms with Crippen molar-refractivity contribution in [3.63, 3.8) is 0 Å². The number of hydrogen-bond acceptors (Lipinski definition) is 5. The average Bonchev–Trinajstić information content (AvgIpc) is 2.69. The summed E-state index contributed by atoms with van der Waals surface area (Å²) in [6, 6.07) is 11.8. The zero-order valence-corrected chi connectivity index (χ0v) is 16.9. The van der Waals surface area contributed by atoms with Crippen molar-refractivity contribution in [3.8, 4) is 11.5 Å². The molecular weight excluding hydrogens is 374 g/mol. The van der Waals surface area contributed by atoms with Crippen molar-refractivity contribution in [3.05, 3.63) is 48.0 Å². The van der Waals surface area contributed by atoms with Gasteiger partial charge in [0.05, 0.1) is 14.2 Å². The lowest BCUT2D eigenvalue weighted by Gasteiger charge is -2.22. The van der Waals surface area contributed by atoms with Crippen LogP contribution in [-0.2, 0) is 9.59 Å². The van der Waals surface area contributed by atoms with Gasteiger partial charge in [-0.2, -0.15) is 0 Å². The van der Waals surface area contributed by atoms with Gasteiger partial charge in [0.15, 0.2) is 11.5 Å². The number of carbonyl (C=O) groups excluding carboxylic acids is 3. The van der Waals surface area contributed by atoms with Crippen LogP contribution >= 0.6 is 0 Å². The van der Waals surface area contributed by atoms with Gasteiger partial charge in [-0.3, -0.25) is 14.4 Å².